The molecule has 1 aromatic heterocycles. The van der Waals surface area contributed by atoms with Crippen LogP contribution in [0.15, 0.2) is 57.7 Å². The number of non-ortho nitro benzene ring substituents is 1. The van der Waals surface area contributed by atoms with Crippen molar-refractivity contribution in [3.8, 4) is 0 Å². The Morgan fingerprint density at radius 3 is 2.66 bits per heavy atom. The maximum atomic E-state index is 13.2. The Kier molecular flexibility index (Phi) is 4.92. The standard InChI is InChI=1S/C21H21N3O5/c1-14(16-7-8-16)22(12-15-5-3-2-4-6-15)20(25)13-23-18-11-17(24(27)28)9-10-19(18)29-21(23)26/h2-6,9-11,14,16H,7-8,12-13H2,1H3. The zero-order valence-corrected chi connectivity index (χ0v) is 16.0. The van der Waals surface area contributed by atoms with Crippen molar-refractivity contribution >= 4 is 22.7 Å². The first-order valence-electron chi connectivity index (χ1n) is 9.55. The van der Waals surface area contributed by atoms with Gasteiger partial charge in [-0.25, -0.2) is 4.79 Å². The zero-order valence-electron chi connectivity index (χ0n) is 16.0. The van der Waals surface area contributed by atoms with Crippen molar-refractivity contribution in [1.29, 1.82) is 0 Å². The van der Waals surface area contributed by atoms with Gasteiger partial charge in [0.05, 0.1) is 10.4 Å². The Hall–Kier alpha value is -3.42. The van der Waals surface area contributed by atoms with Gasteiger partial charge < -0.3 is 9.32 Å². The SMILES string of the molecule is CC(C1CC1)N(Cc1ccccc1)C(=O)Cn1c(=O)oc2ccc([N+](=O)[O-])cc21. The van der Waals surface area contributed by atoms with Gasteiger partial charge in [0.15, 0.2) is 5.58 Å². The number of carbonyl (C=O) groups excluding carboxylic acids is 1. The lowest BCUT2D eigenvalue weighted by Crippen LogP contribution is -2.42. The van der Waals surface area contributed by atoms with Crippen molar-refractivity contribution in [2.24, 2.45) is 5.92 Å². The Balaban J connectivity index is 1.65. The van der Waals surface area contributed by atoms with Gasteiger partial charge in [0.25, 0.3) is 5.69 Å². The van der Waals surface area contributed by atoms with Gasteiger partial charge >= 0.3 is 5.76 Å². The number of rotatable bonds is 7. The number of carbonyl (C=O) groups is 1. The molecule has 1 atom stereocenters. The third-order valence-electron chi connectivity index (χ3n) is 5.47. The van der Waals surface area contributed by atoms with Crippen LogP contribution in [0.25, 0.3) is 11.1 Å². The van der Waals surface area contributed by atoms with Crippen LogP contribution in [0.2, 0.25) is 0 Å². The molecule has 8 nitrogen and oxygen atoms in total. The number of benzene rings is 2. The molecule has 0 saturated heterocycles. The van der Waals surface area contributed by atoms with E-state index in [-0.39, 0.29) is 35.3 Å². The van der Waals surface area contributed by atoms with Crippen molar-refractivity contribution in [3.63, 3.8) is 0 Å². The van der Waals surface area contributed by atoms with E-state index in [0.29, 0.717) is 12.5 Å². The molecule has 4 rings (SSSR count). The molecule has 150 valence electrons. The minimum absolute atomic E-state index is 0.0471. The lowest BCUT2D eigenvalue weighted by Gasteiger charge is -2.29. The summed E-state index contributed by atoms with van der Waals surface area (Å²) in [6.07, 6.45) is 2.17. The van der Waals surface area contributed by atoms with Crippen molar-refractivity contribution in [2.75, 3.05) is 0 Å². The molecule has 1 fully saturated rings. The lowest BCUT2D eigenvalue weighted by atomic mass is 10.1. The number of fused-ring (bicyclic) bond motifs is 1. The first-order valence-corrected chi connectivity index (χ1v) is 9.55. The quantitative estimate of drug-likeness (QED) is 0.451. The number of hydrogen-bond acceptors (Lipinski definition) is 5. The maximum Gasteiger partial charge on any atom is 0.420 e. The van der Waals surface area contributed by atoms with E-state index in [1.807, 2.05) is 37.3 Å². The second-order valence-corrected chi connectivity index (χ2v) is 7.45. The summed E-state index contributed by atoms with van der Waals surface area (Å²) in [5.41, 5.74) is 1.31. The fraction of sp³-hybridized carbons (Fsp3) is 0.333. The van der Waals surface area contributed by atoms with Gasteiger partial charge in [-0.1, -0.05) is 30.3 Å². The molecule has 0 spiro atoms. The first kappa shape index (κ1) is 18.9. The molecule has 1 saturated carbocycles. The lowest BCUT2D eigenvalue weighted by molar-refractivity contribution is -0.384. The predicted octanol–water partition coefficient (Wildman–Crippen LogP) is 3.33. The molecule has 2 aromatic carbocycles. The number of hydrogen-bond donors (Lipinski definition) is 0. The molecule has 8 heteroatoms. The van der Waals surface area contributed by atoms with Crippen LogP contribution in [0.4, 0.5) is 5.69 Å². The summed E-state index contributed by atoms with van der Waals surface area (Å²) in [4.78, 5) is 37.8. The van der Waals surface area contributed by atoms with E-state index in [9.17, 15) is 19.7 Å². The summed E-state index contributed by atoms with van der Waals surface area (Å²) < 4.78 is 6.34. The molecule has 1 aliphatic carbocycles. The highest BCUT2D eigenvalue weighted by Gasteiger charge is 2.34. The largest absolute Gasteiger partial charge is 0.420 e. The summed E-state index contributed by atoms with van der Waals surface area (Å²) in [5, 5.41) is 11.1. The second-order valence-electron chi connectivity index (χ2n) is 7.45. The highest BCUT2D eigenvalue weighted by Crippen LogP contribution is 2.36. The van der Waals surface area contributed by atoms with Crippen LogP contribution in [0, 0.1) is 16.0 Å². The second kappa shape index (κ2) is 7.54. The summed E-state index contributed by atoms with van der Waals surface area (Å²) in [7, 11) is 0. The third kappa shape index (κ3) is 3.91. The van der Waals surface area contributed by atoms with Crippen LogP contribution in [0.3, 0.4) is 0 Å². The van der Waals surface area contributed by atoms with Crippen molar-refractivity contribution in [2.45, 2.75) is 38.9 Å². The van der Waals surface area contributed by atoms with E-state index in [4.69, 9.17) is 4.42 Å². The summed E-state index contributed by atoms with van der Waals surface area (Å²) in [5.74, 6) is -0.460. The molecule has 0 bridgehead atoms. The Bertz CT molecular complexity index is 1110. The number of amides is 1. The smallest absolute Gasteiger partial charge is 0.408 e. The molecule has 1 amide bonds. The fourth-order valence-electron chi connectivity index (χ4n) is 3.61. The Labute approximate surface area is 166 Å². The minimum Gasteiger partial charge on any atom is -0.408 e. The fourth-order valence-corrected chi connectivity index (χ4v) is 3.61. The van der Waals surface area contributed by atoms with Crippen molar-refractivity contribution in [3.05, 3.63) is 74.8 Å². The van der Waals surface area contributed by atoms with Gasteiger partial charge in [-0.2, -0.15) is 0 Å². The van der Waals surface area contributed by atoms with E-state index in [2.05, 4.69) is 0 Å². The van der Waals surface area contributed by atoms with E-state index in [1.165, 1.54) is 22.8 Å². The molecule has 0 N–H and O–H groups in total. The molecule has 0 radical (unpaired) electrons. The molecular weight excluding hydrogens is 374 g/mol. The number of oxazole rings is 1. The average molecular weight is 395 g/mol. The Morgan fingerprint density at radius 2 is 2.00 bits per heavy atom. The highest BCUT2D eigenvalue weighted by molar-refractivity contribution is 5.81. The topological polar surface area (TPSA) is 98.6 Å². The molecular formula is C21H21N3O5. The van der Waals surface area contributed by atoms with Gasteiger partial charge in [-0.3, -0.25) is 19.5 Å². The molecule has 3 aromatic rings. The van der Waals surface area contributed by atoms with Crippen molar-refractivity contribution in [1.82, 2.24) is 9.47 Å². The maximum absolute atomic E-state index is 13.2. The molecule has 0 aliphatic heterocycles. The van der Waals surface area contributed by atoms with Crippen LogP contribution >= 0.6 is 0 Å². The van der Waals surface area contributed by atoms with Gasteiger partial charge in [0.2, 0.25) is 5.91 Å². The number of nitrogens with zero attached hydrogens (tertiary/aromatic N) is 3. The normalized spacial score (nSPS) is 14.7. The van der Waals surface area contributed by atoms with Crippen LogP contribution in [0.5, 0.6) is 0 Å². The van der Waals surface area contributed by atoms with Gasteiger partial charge in [-0.15, -0.1) is 0 Å². The van der Waals surface area contributed by atoms with Crippen LogP contribution in [-0.2, 0) is 17.9 Å². The third-order valence-corrected chi connectivity index (χ3v) is 5.47. The number of nitro benzene ring substituents is 1. The predicted molar refractivity (Wildman–Crippen MR) is 106 cm³/mol. The van der Waals surface area contributed by atoms with Crippen LogP contribution in [-0.4, -0.2) is 26.3 Å². The molecule has 1 unspecified atom stereocenters. The van der Waals surface area contributed by atoms with E-state index in [0.717, 1.165) is 18.4 Å². The van der Waals surface area contributed by atoms with Gasteiger partial charge in [0, 0.05) is 24.7 Å². The van der Waals surface area contributed by atoms with Gasteiger partial charge in [0.1, 0.15) is 6.54 Å². The first-order chi connectivity index (χ1) is 13.9. The van der Waals surface area contributed by atoms with Gasteiger partial charge in [-0.05, 0) is 37.3 Å². The Morgan fingerprint density at radius 1 is 1.28 bits per heavy atom. The monoisotopic (exact) mass is 395 g/mol. The summed E-state index contributed by atoms with van der Waals surface area (Å²) >= 11 is 0. The number of nitro groups is 1. The highest BCUT2D eigenvalue weighted by atomic mass is 16.6. The molecule has 29 heavy (non-hydrogen) atoms. The summed E-state index contributed by atoms with van der Waals surface area (Å²) in [6, 6.07) is 13.7. The zero-order chi connectivity index (χ0) is 20.5. The number of aromatic nitrogens is 1. The van der Waals surface area contributed by atoms with E-state index >= 15 is 0 Å². The van der Waals surface area contributed by atoms with E-state index < -0.39 is 10.7 Å². The summed E-state index contributed by atoms with van der Waals surface area (Å²) in [6.45, 7) is 2.25. The van der Waals surface area contributed by atoms with Crippen LogP contribution in [0.1, 0.15) is 25.3 Å². The molecule has 1 heterocycles. The van der Waals surface area contributed by atoms with E-state index in [1.54, 1.807) is 4.90 Å². The average Bonchev–Trinajstić information content (AvgIpc) is 3.51. The molecule has 1 aliphatic rings. The van der Waals surface area contributed by atoms with Crippen LogP contribution < -0.4 is 5.76 Å². The van der Waals surface area contributed by atoms with Crippen molar-refractivity contribution < 1.29 is 14.1 Å². The minimum atomic E-state index is -0.701.